The van der Waals surface area contributed by atoms with E-state index in [1.165, 1.54) is 0 Å². The van der Waals surface area contributed by atoms with Crippen LogP contribution in [-0.2, 0) is 4.79 Å². The molecule has 1 amide bonds. The fraction of sp³-hybridized carbons (Fsp3) is 0.467. The van der Waals surface area contributed by atoms with Gasteiger partial charge in [-0.2, -0.15) is 0 Å². The predicted octanol–water partition coefficient (Wildman–Crippen LogP) is 1.80. The lowest BCUT2D eigenvalue weighted by molar-refractivity contribution is -0.122. The number of benzene rings is 1. The van der Waals surface area contributed by atoms with E-state index in [0.717, 1.165) is 37.1 Å². The summed E-state index contributed by atoms with van der Waals surface area (Å²) >= 11 is 0. The molecular formula is C15H20N2O3. The zero-order valence-electron chi connectivity index (χ0n) is 11.8. The van der Waals surface area contributed by atoms with Crippen LogP contribution in [-0.4, -0.2) is 36.6 Å². The summed E-state index contributed by atoms with van der Waals surface area (Å²) in [6, 6.07) is 4.90. The van der Waals surface area contributed by atoms with Gasteiger partial charge in [0.1, 0.15) is 6.04 Å². The first-order valence-electron chi connectivity index (χ1n) is 6.86. The normalized spacial score (nSPS) is 18.7. The Kier molecular flexibility index (Phi) is 4.27. The van der Waals surface area contributed by atoms with Gasteiger partial charge in [0.15, 0.2) is 0 Å². The fourth-order valence-corrected chi connectivity index (χ4v) is 2.77. The van der Waals surface area contributed by atoms with E-state index >= 15 is 0 Å². The average Bonchev–Trinajstić information content (AvgIpc) is 2.46. The second kappa shape index (κ2) is 5.94. The second-order valence-electron chi connectivity index (χ2n) is 5.13. The molecule has 0 aliphatic carbocycles. The lowest BCUT2D eigenvalue weighted by Gasteiger charge is -2.37. The number of aromatic carboxylic acids is 1. The highest BCUT2D eigenvalue weighted by Gasteiger charge is 2.29. The molecule has 5 heteroatoms. The van der Waals surface area contributed by atoms with Crippen molar-refractivity contribution < 1.29 is 14.7 Å². The van der Waals surface area contributed by atoms with Gasteiger partial charge in [0.25, 0.3) is 0 Å². The van der Waals surface area contributed by atoms with Crippen LogP contribution in [0.3, 0.4) is 0 Å². The van der Waals surface area contributed by atoms with Crippen LogP contribution in [0.5, 0.6) is 0 Å². The Morgan fingerprint density at radius 3 is 2.70 bits per heavy atom. The number of carbonyl (C=O) groups is 2. The molecule has 1 atom stereocenters. The van der Waals surface area contributed by atoms with E-state index in [9.17, 15) is 9.59 Å². The van der Waals surface area contributed by atoms with Gasteiger partial charge in [-0.15, -0.1) is 0 Å². The van der Waals surface area contributed by atoms with Crippen LogP contribution in [0, 0.1) is 6.92 Å². The lowest BCUT2D eigenvalue weighted by atomic mass is 9.98. The molecule has 1 aliphatic heterocycles. The molecule has 0 bridgehead atoms. The number of carbonyl (C=O) groups excluding carboxylic acids is 1. The third-order valence-electron chi connectivity index (χ3n) is 3.81. The van der Waals surface area contributed by atoms with Crippen molar-refractivity contribution in [2.45, 2.75) is 32.2 Å². The first kappa shape index (κ1) is 14.4. The maximum absolute atomic E-state index is 12.0. The number of piperidine rings is 1. The molecule has 108 valence electrons. The van der Waals surface area contributed by atoms with E-state index in [1.807, 2.05) is 6.92 Å². The Morgan fingerprint density at radius 2 is 2.10 bits per heavy atom. The van der Waals surface area contributed by atoms with Crippen molar-refractivity contribution in [2.24, 2.45) is 0 Å². The highest BCUT2D eigenvalue weighted by Crippen LogP contribution is 2.28. The van der Waals surface area contributed by atoms with Gasteiger partial charge in [0.2, 0.25) is 5.91 Å². The van der Waals surface area contributed by atoms with Crippen LogP contribution in [0.4, 0.5) is 5.69 Å². The first-order chi connectivity index (χ1) is 9.54. The van der Waals surface area contributed by atoms with Crippen molar-refractivity contribution in [1.29, 1.82) is 0 Å². The molecule has 1 aliphatic rings. The molecule has 5 nitrogen and oxygen atoms in total. The van der Waals surface area contributed by atoms with Crippen molar-refractivity contribution >= 4 is 17.6 Å². The van der Waals surface area contributed by atoms with Gasteiger partial charge in [0.05, 0.1) is 5.56 Å². The SMILES string of the molecule is CNC(=O)C1CCCCN1c1ccc(C(=O)O)cc1C. The zero-order chi connectivity index (χ0) is 14.7. The van der Waals surface area contributed by atoms with E-state index in [4.69, 9.17) is 5.11 Å². The first-order valence-corrected chi connectivity index (χ1v) is 6.86. The van der Waals surface area contributed by atoms with Crippen molar-refractivity contribution in [3.05, 3.63) is 29.3 Å². The molecule has 0 spiro atoms. The zero-order valence-corrected chi connectivity index (χ0v) is 11.8. The number of hydrogen-bond donors (Lipinski definition) is 2. The highest BCUT2D eigenvalue weighted by atomic mass is 16.4. The number of carboxylic acids is 1. The molecule has 0 radical (unpaired) electrons. The van der Waals surface area contributed by atoms with E-state index in [2.05, 4.69) is 10.2 Å². The summed E-state index contributed by atoms with van der Waals surface area (Å²) in [5, 5.41) is 11.7. The molecule has 0 saturated carbocycles. The van der Waals surface area contributed by atoms with Gasteiger partial charge in [0, 0.05) is 19.3 Å². The number of amides is 1. The molecule has 20 heavy (non-hydrogen) atoms. The maximum Gasteiger partial charge on any atom is 0.335 e. The van der Waals surface area contributed by atoms with E-state index in [1.54, 1.807) is 25.2 Å². The highest BCUT2D eigenvalue weighted by molar-refractivity contribution is 5.89. The molecule has 1 aromatic carbocycles. The molecule has 2 rings (SSSR count). The number of nitrogens with one attached hydrogen (secondary N) is 1. The van der Waals surface area contributed by atoms with Gasteiger partial charge < -0.3 is 15.3 Å². The standard InChI is InChI=1S/C15H20N2O3/c1-10-9-11(15(19)20)6-7-12(10)17-8-4-3-5-13(17)14(18)16-2/h6-7,9,13H,3-5,8H2,1-2H3,(H,16,18)(H,19,20). The van der Waals surface area contributed by atoms with Crippen molar-refractivity contribution in [3.63, 3.8) is 0 Å². The molecule has 1 saturated heterocycles. The minimum absolute atomic E-state index is 0.0198. The van der Waals surface area contributed by atoms with E-state index < -0.39 is 5.97 Å². The van der Waals surface area contributed by atoms with Crippen LogP contribution >= 0.6 is 0 Å². The minimum Gasteiger partial charge on any atom is -0.478 e. The molecule has 1 heterocycles. The number of anilines is 1. The van der Waals surface area contributed by atoms with Crippen molar-refractivity contribution in [1.82, 2.24) is 5.32 Å². The summed E-state index contributed by atoms with van der Waals surface area (Å²) in [4.78, 5) is 25.1. The van der Waals surface area contributed by atoms with Crippen LogP contribution in [0.15, 0.2) is 18.2 Å². The largest absolute Gasteiger partial charge is 0.478 e. The monoisotopic (exact) mass is 276 g/mol. The Hall–Kier alpha value is -2.04. The Bertz CT molecular complexity index is 528. The second-order valence-corrected chi connectivity index (χ2v) is 5.13. The summed E-state index contributed by atoms with van der Waals surface area (Å²) in [6.45, 7) is 2.71. The quantitative estimate of drug-likeness (QED) is 0.883. The number of carboxylic acid groups (broad SMARTS) is 1. The molecule has 1 unspecified atom stereocenters. The van der Waals surface area contributed by atoms with Crippen LogP contribution in [0.1, 0.15) is 35.2 Å². The maximum atomic E-state index is 12.0. The molecule has 1 aromatic rings. The van der Waals surface area contributed by atoms with Crippen molar-refractivity contribution in [2.75, 3.05) is 18.5 Å². The fourth-order valence-electron chi connectivity index (χ4n) is 2.77. The molecule has 1 fully saturated rings. The molecule has 0 aromatic heterocycles. The number of hydrogen-bond acceptors (Lipinski definition) is 3. The molecular weight excluding hydrogens is 256 g/mol. The number of aryl methyl sites for hydroxylation is 1. The van der Waals surface area contributed by atoms with Gasteiger partial charge in [-0.1, -0.05) is 0 Å². The van der Waals surface area contributed by atoms with Gasteiger partial charge in [-0.05, 0) is 49.9 Å². The third-order valence-corrected chi connectivity index (χ3v) is 3.81. The number of likely N-dealkylation sites (N-methyl/N-ethyl adjacent to an activating group) is 1. The summed E-state index contributed by atoms with van der Waals surface area (Å²) < 4.78 is 0. The number of nitrogens with zero attached hydrogens (tertiary/aromatic N) is 1. The third kappa shape index (κ3) is 2.76. The van der Waals surface area contributed by atoms with Gasteiger partial charge >= 0.3 is 5.97 Å². The van der Waals surface area contributed by atoms with Crippen LogP contribution in [0.2, 0.25) is 0 Å². The summed E-state index contributed by atoms with van der Waals surface area (Å²) in [5.74, 6) is -0.910. The minimum atomic E-state index is -0.929. The summed E-state index contributed by atoms with van der Waals surface area (Å²) in [5.41, 5.74) is 2.11. The van der Waals surface area contributed by atoms with Crippen LogP contribution < -0.4 is 10.2 Å². The van der Waals surface area contributed by atoms with Gasteiger partial charge in [-0.3, -0.25) is 4.79 Å². The smallest absolute Gasteiger partial charge is 0.335 e. The van der Waals surface area contributed by atoms with E-state index in [0.29, 0.717) is 0 Å². The van der Waals surface area contributed by atoms with Crippen LogP contribution in [0.25, 0.3) is 0 Å². The Morgan fingerprint density at radius 1 is 1.35 bits per heavy atom. The van der Waals surface area contributed by atoms with Gasteiger partial charge in [-0.25, -0.2) is 4.79 Å². The Labute approximate surface area is 118 Å². The average molecular weight is 276 g/mol. The van der Waals surface area contributed by atoms with E-state index in [-0.39, 0.29) is 17.5 Å². The molecule has 2 N–H and O–H groups in total. The summed E-state index contributed by atoms with van der Waals surface area (Å²) in [6.07, 6.45) is 2.92. The topological polar surface area (TPSA) is 69.6 Å². The van der Waals surface area contributed by atoms with Crippen molar-refractivity contribution in [3.8, 4) is 0 Å². The Balaban J connectivity index is 2.32. The lowest BCUT2D eigenvalue weighted by Crippen LogP contribution is -2.49. The predicted molar refractivity (Wildman–Crippen MR) is 77.2 cm³/mol. The summed E-state index contributed by atoms with van der Waals surface area (Å²) in [7, 11) is 1.65. The number of rotatable bonds is 3.